The number of nitrogen functional groups attached to an aromatic ring is 1. The van der Waals surface area contributed by atoms with Crippen molar-refractivity contribution in [2.45, 2.75) is 31.8 Å². The lowest BCUT2D eigenvalue weighted by molar-refractivity contribution is 0.210. The number of nitrogens with zero attached hydrogens (tertiary/aromatic N) is 2. The smallest absolute Gasteiger partial charge is 0.268 e. The minimum Gasteiger partial charge on any atom is -0.490 e. The van der Waals surface area contributed by atoms with Gasteiger partial charge < -0.3 is 15.5 Å². The molecule has 6 heteroatoms. The predicted octanol–water partition coefficient (Wildman–Crippen LogP) is 2.69. The minimum atomic E-state index is -0.602. The van der Waals surface area contributed by atoms with E-state index in [1.165, 1.54) is 12.8 Å². The summed E-state index contributed by atoms with van der Waals surface area (Å²) in [6.07, 6.45) is 4.74. The summed E-state index contributed by atoms with van der Waals surface area (Å²) in [7, 11) is 0. The Morgan fingerprint density at radius 3 is 2.29 bits per heavy atom. The molecular formula is C18H16N4O2. The van der Waals surface area contributed by atoms with Gasteiger partial charge in [0, 0.05) is 5.56 Å². The normalized spacial score (nSPS) is 14.1. The van der Waals surface area contributed by atoms with Crippen LogP contribution in [-0.4, -0.2) is 11.1 Å². The third kappa shape index (κ3) is 2.82. The summed E-state index contributed by atoms with van der Waals surface area (Å²) in [5.41, 5.74) is 5.93. The molecule has 1 aliphatic carbocycles. The van der Waals surface area contributed by atoms with E-state index in [1.807, 2.05) is 12.1 Å². The van der Waals surface area contributed by atoms with Crippen molar-refractivity contribution in [3.63, 3.8) is 0 Å². The summed E-state index contributed by atoms with van der Waals surface area (Å²) in [4.78, 5) is 14.3. The van der Waals surface area contributed by atoms with E-state index in [4.69, 9.17) is 10.5 Å². The lowest BCUT2D eigenvalue weighted by Gasteiger charge is -2.14. The maximum absolute atomic E-state index is 11.9. The van der Waals surface area contributed by atoms with Gasteiger partial charge in [-0.25, -0.2) is 0 Å². The Balaban J connectivity index is 2.01. The number of H-pyrrole nitrogens is 1. The molecule has 1 heterocycles. The molecule has 1 aliphatic rings. The predicted molar refractivity (Wildman–Crippen MR) is 89.2 cm³/mol. The van der Waals surface area contributed by atoms with E-state index in [9.17, 15) is 15.3 Å². The topological polar surface area (TPSA) is 116 Å². The van der Waals surface area contributed by atoms with Crippen molar-refractivity contribution < 1.29 is 4.74 Å². The standard InChI is InChI=1S/C18H16N4O2/c19-9-14-16(15(10-20)18(23)22-17(14)21)11-5-7-13(8-6-11)24-12-3-1-2-4-12/h5-8,12H,1-4H2,(H3,21,22,23). The van der Waals surface area contributed by atoms with Crippen LogP contribution in [0.3, 0.4) is 0 Å². The van der Waals surface area contributed by atoms with Crippen LogP contribution in [0.2, 0.25) is 0 Å². The first-order valence-electron chi connectivity index (χ1n) is 7.77. The average Bonchev–Trinajstić information content (AvgIpc) is 3.08. The fourth-order valence-corrected chi connectivity index (χ4v) is 3.03. The molecular weight excluding hydrogens is 304 g/mol. The molecule has 1 saturated carbocycles. The van der Waals surface area contributed by atoms with E-state index in [1.54, 1.807) is 24.3 Å². The van der Waals surface area contributed by atoms with Crippen LogP contribution >= 0.6 is 0 Å². The number of rotatable bonds is 3. The van der Waals surface area contributed by atoms with Crippen molar-refractivity contribution >= 4 is 5.82 Å². The van der Waals surface area contributed by atoms with Crippen LogP contribution in [0.25, 0.3) is 11.1 Å². The third-order valence-corrected chi connectivity index (χ3v) is 4.22. The molecule has 0 saturated heterocycles. The monoisotopic (exact) mass is 320 g/mol. The number of benzene rings is 1. The summed E-state index contributed by atoms with van der Waals surface area (Å²) in [6.45, 7) is 0. The number of hydrogen-bond acceptors (Lipinski definition) is 5. The SMILES string of the molecule is N#Cc1c(N)[nH]c(=O)c(C#N)c1-c1ccc(OC2CCCC2)cc1. The zero-order valence-electron chi connectivity index (χ0n) is 13.0. The molecule has 120 valence electrons. The Labute approximate surface area is 139 Å². The molecule has 0 atom stereocenters. The first-order chi connectivity index (χ1) is 11.6. The Morgan fingerprint density at radius 2 is 1.71 bits per heavy atom. The lowest BCUT2D eigenvalue weighted by atomic mass is 9.96. The van der Waals surface area contributed by atoms with Crippen molar-refractivity contribution in [3.05, 3.63) is 45.7 Å². The van der Waals surface area contributed by atoms with Gasteiger partial charge in [0.15, 0.2) is 0 Å². The molecule has 3 N–H and O–H groups in total. The highest BCUT2D eigenvalue weighted by atomic mass is 16.5. The summed E-state index contributed by atoms with van der Waals surface area (Å²) < 4.78 is 5.90. The quantitative estimate of drug-likeness (QED) is 0.902. The second kappa shape index (κ2) is 6.47. The molecule has 0 amide bonds. The van der Waals surface area contributed by atoms with Crippen LogP contribution in [0.1, 0.15) is 36.8 Å². The van der Waals surface area contributed by atoms with Gasteiger partial charge in [-0.2, -0.15) is 10.5 Å². The van der Waals surface area contributed by atoms with Crippen LogP contribution in [0.15, 0.2) is 29.1 Å². The number of aromatic amines is 1. The number of nitriles is 2. The summed E-state index contributed by atoms with van der Waals surface area (Å²) in [6, 6.07) is 10.9. The van der Waals surface area contributed by atoms with Crippen molar-refractivity contribution in [1.82, 2.24) is 4.98 Å². The van der Waals surface area contributed by atoms with E-state index in [2.05, 4.69) is 4.98 Å². The first kappa shape index (κ1) is 15.6. The van der Waals surface area contributed by atoms with Gasteiger partial charge in [0.2, 0.25) is 0 Å². The maximum Gasteiger partial charge on any atom is 0.268 e. The molecule has 3 rings (SSSR count). The zero-order chi connectivity index (χ0) is 17.1. The molecule has 6 nitrogen and oxygen atoms in total. The highest BCUT2D eigenvalue weighted by Crippen LogP contribution is 2.30. The minimum absolute atomic E-state index is 0.0391. The number of ether oxygens (including phenoxy) is 1. The number of nitrogens with one attached hydrogen (secondary N) is 1. The van der Waals surface area contributed by atoms with Crippen LogP contribution in [0.4, 0.5) is 5.82 Å². The van der Waals surface area contributed by atoms with Crippen LogP contribution in [-0.2, 0) is 0 Å². The number of anilines is 1. The van der Waals surface area contributed by atoms with Gasteiger partial charge in [-0.05, 0) is 43.4 Å². The molecule has 0 bridgehead atoms. The molecule has 2 aromatic rings. The number of aromatic nitrogens is 1. The van der Waals surface area contributed by atoms with Gasteiger partial charge in [0.25, 0.3) is 5.56 Å². The van der Waals surface area contributed by atoms with Crippen LogP contribution in [0, 0.1) is 22.7 Å². The molecule has 0 radical (unpaired) electrons. The molecule has 0 unspecified atom stereocenters. The van der Waals surface area contributed by atoms with Crippen molar-refractivity contribution in [2.75, 3.05) is 5.73 Å². The number of pyridine rings is 1. The second-order valence-corrected chi connectivity index (χ2v) is 5.77. The number of nitrogens with two attached hydrogens (primary N) is 1. The highest BCUT2D eigenvalue weighted by molar-refractivity contribution is 5.80. The van der Waals surface area contributed by atoms with Crippen molar-refractivity contribution in [3.8, 4) is 29.0 Å². The largest absolute Gasteiger partial charge is 0.490 e. The zero-order valence-corrected chi connectivity index (χ0v) is 13.0. The van der Waals surface area contributed by atoms with Gasteiger partial charge >= 0.3 is 0 Å². The Morgan fingerprint density at radius 1 is 1.08 bits per heavy atom. The van der Waals surface area contributed by atoms with E-state index in [-0.39, 0.29) is 28.6 Å². The van der Waals surface area contributed by atoms with E-state index < -0.39 is 5.56 Å². The second-order valence-electron chi connectivity index (χ2n) is 5.77. The van der Waals surface area contributed by atoms with Crippen LogP contribution < -0.4 is 16.0 Å². The van der Waals surface area contributed by atoms with E-state index >= 15 is 0 Å². The first-order valence-corrected chi connectivity index (χ1v) is 7.77. The van der Waals surface area contributed by atoms with E-state index in [0.29, 0.717) is 5.56 Å². The fourth-order valence-electron chi connectivity index (χ4n) is 3.03. The lowest BCUT2D eigenvalue weighted by Crippen LogP contribution is -2.16. The molecule has 0 spiro atoms. The number of hydrogen-bond donors (Lipinski definition) is 2. The van der Waals surface area contributed by atoms with Gasteiger partial charge in [0.1, 0.15) is 34.8 Å². The van der Waals surface area contributed by atoms with Crippen molar-refractivity contribution in [1.29, 1.82) is 10.5 Å². The van der Waals surface area contributed by atoms with Crippen LogP contribution in [0.5, 0.6) is 5.75 Å². The Kier molecular flexibility index (Phi) is 4.22. The molecule has 1 fully saturated rings. The third-order valence-electron chi connectivity index (χ3n) is 4.22. The Bertz CT molecular complexity index is 895. The molecule has 1 aromatic heterocycles. The summed E-state index contributed by atoms with van der Waals surface area (Å²) in [5, 5.41) is 18.6. The summed E-state index contributed by atoms with van der Waals surface area (Å²) >= 11 is 0. The van der Waals surface area contributed by atoms with E-state index in [0.717, 1.165) is 18.6 Å². The van der Waals surface area contributed by atoms with Gasteiger partial charge in [0.05, 0.1) is 6.10 Å². The average molecular weight is 320 g/mol. The molecule has 1 aromatic carbocycles. The van der Waals surface area contributed by atoms with Crippen molar-refractivity contribution in [2.24, 2.45) is 0 Å². The highest BCUT2D eigenvalue weighted by Gasteiger charge is 2.19. The summed E-state index contributed by atoms with van der Waals surface area (Å²) in [5.74, 6) is 0.697. The fraction of sp³-hybridized carbons (Fsp3) is 0.278. The maximum atomic E-state index is 11.9. The van der Waals surface area contributed by atoms with Gasteiger partial charge in [-0.3, -0.25) is 4.79 Å². The van der Waals surface area contributed by atoms with Gasteiger partial charge in [-0.15, -0.1) is 0 Å². The Hall–Kier alpha value is -3.25. The van der Waals surface area contributed by atoms with Gasteiger partial charge in [-0.1, -0.05) is 12.1 Å². The molecule has 24 heavy (non-hydrogen) atoms. The molecule has 0 aliphatic heterocycles.